The van der Waals surface area contributed by atoms with Crippen LogP contribution in [0.25, 0.3) is 0 Å². The van der Waals surface area contributed by atoms with Crippen molar-refractivity contribution in [1.82, 2.24) is 19.4 Å². The van der Waals surface area contributed by atoms with E-state index in [4.69, 9.17) is 16.3 Å². The number of likely N-dealkylation sites (N-methyl/N-ethyl adjacent to an activating group) is 1. The Bertz CT molecular complexity index is 1280. The Morgan fingerprint density at radius 1 is 1.03 bits per heavy atom. The molecule has 11 heteroatoms. The van der Waals surface area contributed by atoms with Crippen LogP contribution < -0.4 is 5.32 Å². The van der Waals surface area contributed by atoms with Crippen LogP contribution in [0.2, 0.25) is 5.02 Å². The lowest BCUT2D eigenvalue weighted by atomic mass is 9.94. The van der Waals surface area contributed by atoms with Crippen LogP contribution in [0.5, 0.6) is 0 Å². The van der Waals surface area contributed by atoms with Crippen LogP contribution in [0, 0.1) is 0 Å². The van der Waals surface area contributed by atoms with E-state index >= 15 is 0 Å². The SMILES string of the molecule is CCOC(=O)C1=C(CN2CCCN(S(=O)(=O)c3ccc(Cl)cc3)CC2)N(CC)C(=O)NC1c1ccccc1. The molecule has 0 bridgehead atoms. The molecule has 0 radical (unpaired) electrons. The van der Waals surface area contributed by atoms with Crippen molar-refractivity contribution in [2.24, 2.45) is 0 Å². The molecule has 2 heterocycles. The van der Waals surface area contributed by atoms with E-state index in [1.165, 1.54) is 16.4 Å². The van der Waals surface area contributed by atoms with Crippen LogP contribution in [0.4, 0.5) is 4.79 Å². The molecule has 2 amide bonds. The monoisotopic (exact) mass is 560 g/mol. The Kier molecular flexibility index (Phi) is 9.09. The van der Waals surface area contributed by atoms with E-state index in [1.807, 2.05) is 37.3 Å². The van der Waals surface area contributed by atoms with E-state index < -0.39 is 22.0 Å². The molecule has 1 unspecified atom stereocenters. The summed E-state index contributed by atoms with van der Waals surface area (Å²) in [6, 6.07) is 14.6. The lowest BCUT2D eigenvalue weighted by Crippen LogP contribution is -2.51. The van der Waals surface area contributed by atoms with Crippen LogP contribution in [0.3, 0.4) is 0 Å². The van der Waals surface area contributed by atoms with Crippen LogP contribution in [0.15, 0.2) is 70.8 Å². The van der Waals surface area contributed by atoms with Crippen molar-refractivity contribution >= 4 is 33.6 Å². The molecule has 38 heavy (non-hydrogen) atoms. The second kappa shape index (κ2) is 12.3. The normalized spacial score (nSPS) is 19.7. The minimum atomic E-state index is -3.67. The fourth-order valence-electron chi connectivity index (χ4n) is 4.87. The lowest BCUT2D eigenvalue weighted by Gasteiger charge is -2.38. The molecule has 0 saturated carbocycles. The number of hydrogen-bond acceptors (Lipinski definition) is 6. The second-order valence-corrected chi connectivity index (χ2v) is 11.5. The molecule has 0 aliphatic carbocycles. The molecule has 9 nitrogen and oxygen atoms in total. The molecule has 1 fully saturated rings. The van der Waals surface area contributed by atoms with Gasteiger partial charge in [-0.1, -0.05) is 41.9 Å². The average molecular weight is 561 g/mol. The molecule has 2 aromatic carbocycles. The predicted molar refractivity (Wildman–Crippen MR) is 145 cm³/mol. The minimum Gasteiger partial charge on any atom is -0.463 e. The number of benzene rings is 2. The summed E-state index contributed by atoms with van der Waals surface area (Å²) < 4.78 is 33.4. The van der Waals surface area contributed by atoms with Crippen LogP contribution in [-0.4, -0.2) is 80.4 Å². The first kappa shape index (κ1) is 28.1. The number of esters is 1. The Labute approximate surface area is 229 Å². The Morgan fingerprint density at radius 3 is 2.39 bits per heavy atom. The van der Waals surface area contributed by atoms with E-state index in [-0.39, 0.29) is 24.1 Å². The summed E-state index contributed by atoms with van der Waals surface area (Å²) in [7, 11) is -3.67. The van der Waals surface area contributed by atoms with Gasteiger partial charge in [-0.2, -0.15) is 4.31 Å². The van der Waals surface area contributed by atoms with Gasteiger partial charge < -0.3 is 10.1 Å². The number of nitrogens with zero attached hydrogens (tertiary/aromatic N) is 3. The second-order valence-electron chi connectivity index (χ2n) is 9.11. The zero-order valence-electron chi connectivity index (χ0n) is 21.6. The number of ether oxygens (including phenoxy) is 1. The van der Waals surface area contributed by atoms with Crippen molar-refractivity contribution in [2.75, 3.05) is 45.9 Å². The molecule has 0 aromatic heterocycles. The third-order valence-electron chi connectivity index (χ3n) is 6.76. The van der Waals surface area contributed by atoms with Crippen molar-refractivity contribution in [3.63, 3.8) is 0 Å². The van der Waals surface area contributed by atoms with E-state index in [0.717, 1.165) is 5.56 Å². The Morgan fingerprint density at radius 2 is 1.74 bits per heavy atom. The van der Waals surface area contributed by atoms with Crippen LogP contribution in [0.1, 0.15) is 31.9 Å². The topological polar surface area (TPSA) is 99.3 Å². The number of amides is 2. The van der Waals surface area contributed by atoms with Gasteiger partial charge in [-0.25, -0.2) is 18.0 Å². The molecule has 1 atom stereocenters. The first-order valence-corrected chi connectivity index (χ1v) is 14.6. The predicted octanol–water partition coefficient (Wildman–Crippen LogP) is 3.64. The Balaban J connectivity index is 1.62. The van der Waals surface area contributed by atoms with Gasteiger partial charge >= 0.3 is 12.0 Å². The van der Waals surface area contributed by atoms with Gasteiger partial charge in [0.15, 0.2) is 0 Å². The van der Waals surface area contributed by atoms with Gasteiger partial charge in [-0.15, -0.1) is 0 Å². The van der Waals surface area contributed by atoms with E-state index in [9.17, 15) is 18.0 Å². The first-order chi connectivity index (χ1) is 18.3. The summed E-state index contributed by atoms with van der Waals surface area (Å²) in [4.78, 5) is 30.3. The van der Waals surface area contributed by atoms with Crippen molar-refractivity contribution in [3.05, 3.63) is 76.5 Å². The smallest absolute Gasteiger partial charge is 0.338 e. The summed E-state index contributed by atoms with van der Waals surface area (Å²) >= 11 is 5.94. The number of nitrogens with one attached hydrogen (secondary N) is 1. The molecule has 1 saturated heterocycles. The van der Waals surface area contributed by atoms with Crippen LogP contribution >= 0.6 is 11.6 Å². The van der Waals surface area contributed by atoms with Gasteiger partial charge in [-0.3, -0.25) is 9.80 Å². The molecule has 1 N–H and O–H groups in total. The number of halogens is 1. The number of hydrogen-bond donors (Lipinski definition) is 1. The standard InChI is InChI=1S/C27H33ClN4O5S/c1-3-32-23(24(26(33)37-4-2)25(29-27(32)34)20-9-6-5-7-10-20)19-30-15-8-16-31(18-17-30)38(35,36)22-13-11-21(28)12-14-22/h5-7,9-14,25H,3-4,8,15-19H2,1-2H3,(H,29,34). The third-order valence-corrected chi connectivity index (χ3v) is 8.92. The number of rotatable bonds is 8. The maximum atomic E-state index is 13.3. The number of urea groups is 1. The van der Waals surface area contributed by atoms with Gasteiger partial charge in [0, 0.05) is 43.4 Å². The first-order valence-electron chi connectivity index (χ1n) is 12.8. The van der Waals surface area contributed by atoms with Gasteiger partial charge in [0.05, 0.1) is 23.1 Å². The Hall–Kier alpha value is -2.92. The summed E-state index contributed by atoms with van der Waals surface area (Å²) in [5.74, 6) is -0.475. The van der Waals surface area contributed by atoms with Gasteiger partial charge in [0.2, 0.25) is 10.0 Å². The summed E-state index contributed by atoms with van der Waals surface area (Å²) in [6.45, 7) is 6.21. The maximum absolute atomic E-state index is 13.3. The summed E-state index contributed by atoms with van der Waals surface area (Å²) in [5, 5.41) is 3.44. The fraction of sp³-hybridized carbons (Fsp3) is 0.407. The van der Waals surface area contributed by atoms with Crippen LogP contribution in [-0.2, 0) is 19.6 Å². The van der Waals surface area contributed by atoms with E-state index in [0.29, 0.717) is 55.4 Å². The largest absolute Gasteiger partial charge is 0.463 e. The molecule has 4 rings (SSSR count). The number of carbonyl (C=O) groups excluding carboxylic acids is 2. The lowest BCUT2D eigenvalue weighted by molar-refractivity contribution is -0.139. The van der Waals surface area contributed by atoms with Crippen molar-refractivity contribution in [2.45, 2.75) is 31.2 Å². The van der Waals surface area contributed by atoms with Crippen molar-refractivity contribution < 1.29 is 22.7 Å². The molecule has 204 valence electrons. The zero-order valence-corrected chi connectivity index (χ0v) is 23.2. The molecular weight excluding hydrogens is 528 g/mol. The number of sulfonamides is 1. The highest BCUT2D eigenvalue weighted by molar-refractivity contribution is 7.89. The number of carbonyl (C=O) groups is 2. The van der Waals surface area contributed by atoms with Gasteiger partial charge in [-0.05, 0) is 56.6 Å². The van der Waals surface area contributed by atoms with E-state index in [2.05, 4.69) is 10.2 Å². The molecule has 2 aliphatic heterocycles. The molecule has 2 aromatic rings. The fourth-order valence-corrected chi connectivity index (χ4v) is 6.46. The zero-order chi connectivity index (χ0) is 27.3. The van der Waals surface area contributed by atoms with Gasteiger partial charge in [0.25, 0.3) is 0 Å². The summed E-state index contributed by atoms with van der Waals surface area (Å²) in [5.41, 5.74) is 1.76. The van der Waals surface area contributed by atoms with Gasteiger partial charge in [0.1, 0.15) is 0 Å². The highest BCUT2D eigenvalue weighted by Gasteiger charge is 2.38. The highest BCUT2D eigenvalue weighted by atomic mass is 35.5. The van der Waals surface area contributed by atoms with Crippen molar-refractivity contribution in [3.8, 4) is 0 Å². The third kappa shape index (κ3) is 6.04. The highest BCUT2D eigenvalue weighted by Crippen LogP contribution is 2.32. The molecular formula is C27H33ClN4O5S. The quantitative estimate of drug-likeness (QED) is 0.495. The summed E-state index contributed by atoms with van der Waals surface area (Å²) in [6.07, 6.45) is 0.606. The average Bonchev–Trinajstić information content (AvgIpc) is 3.15. The molecule has 0 spiro atoms. The maximum Gasteiger partial charge on any atom is 0.338 e. The minimum absolute atomic E-state index is 0.203. The van der Waals surface area contributed by atoms with Crippen molar-refractivity contribution in [1.29, 1.82) is 0 Å². The van der Waals surface area contributed by atoms with E-state index in [1.54, 1.807) is 24.0 Å². The molecule has 2 aliphatic rings.